The molecule has 148 valence electrons. The summed E-state index contributed by atoms with van der Waals surface area (Å²) in [5.74, 6) is 0.826. The average Bonchev–Trinajstić information content (AvgIpc) is 2.95. The van der Waals surface area contributed by atoms with Crippen molar-refractivity contribution in [2.75, 3.05) is 6.26 Å². The number of hydrogen-bond acceptors (Lipinski definition) is 5. The molecular weight excluding hydrogens is 378 g/mol. The van der Waals surface area contributed by atoms with E-state index in [2.05, 4.69) is 10.3 Å². The Morgan fingerprint density at radius 3 is 2.54 bits per heavy atom. The van der Waals surface area contributed by atoms with E-state index in [4.69, 9.17) is 4.74 Å². The van der Waals surface area contributed by atoms with Crippen LogP contribution in [0.15, 0.2) is 48.7 Å². The first-order valence-electron chi connectivity index (χ1n) is 9.38. The first-order chi connectivity index (χ1) is 13.4. The van der Waals surface area contributed by atoms with Crippen LogP contribution in [0, 0.1) is 0 Å². The number of ether oxygens (including phenoxy) is 1. The summed E-state index contributed by atoms with van der Waals surface area (Å²) in [7, 11) is -3.20. The monoisotopic (exact) mass is 401 g/mol. The number of piperidine rings is 1. The van der Waals surface area contributed by atoms with Gasteiger partial charge in [-0.2, -0.15) is 4.31 Å². The van der Waals surface area contributed by atoms with Gasteiger partial charge in [0, 0.05) is 36.0 Å². The molecule has 1 N–H and O–H groups in total. The molecule has 2 unspecified atom stereocenters. The van der Waals surface area contributed by atoms with E-state index in [0.717, 1.165) is 12.8 Å². The first-order valence-corrected chi connectivity index (χ1v) is 11.2. The Morgan fingerprint density at radius 1 is 1.14 bits per heavy atom. The number of fused-ring (bicyclic) bond motifs is 2. The summed E-state index contributed by atoms with van der Waals surface area (Å²) in [6.07, 6.45) is 5.93. The highest BCUT2D eigenvalue weighted by Gasteiger charge is 2.45. The van der Waals surface area contributed by atoms with Gasteiger partial charge in [-0.1, -0.05) is 12.1 Å². The molecule has 2 atom stereocenters. The van der Waals surface area contributed by atoms with Crippen molar-refractivity contribution in [3.05, 3.63) is 54.2 Å². The number of nitrogens with one attached hydrogen (secondary N) is 1. The van der Waals surface area contributed by atoms with Crippen LogP contribution in [0.5, 0.6) is 11.6 Å². The zero-order valence-corrected chi connectivity index (χ0v) is 16.4. The number of amides is 1. The second kappa shape index (κ2) is 7.52. The van der Waals surface area contributed by atoms with E-state index in [9.17, 15) is 13.2 Å². The predicted molar refractivity (Wildman–Crippen MR) is 105 cm³/mol. The van der Waals surface area contributed by atoms with Gasteiger partial charge in [0.15, 0.2) is 0 Å². The molecular formula is C20H23N3O4S. The second-order valence-electron chi connectivity index (χ2n) is 7.42. The topological polar surface area (TPSA) is 88.6 Å². The lowest BCUT2D eigenvalue weighted by Gasteiger charge is -2.37. The van der Waals surface area contributed by atoms with Crippen molar-refractivity contribution in [1.82, 2.24) is 14.6 Å². The van der Waals surface area contributed by atoms with Crippen molar-refractivity contribution in [2.24, 2.45) is 0 Å². The number of pyridine rings is 1. The molecule has 2 saturated heterocycles. The molecule has 4 rings (SSSR count). The fraction of sp³-hybridized carbons (Fsp3) is 0.400. The molecule has 1 amide bonds. The molecule has 0 radical (unpaired) electrons. The number of nitrogens with zero attached hydrogens (tertiary/aromatic N) is 2. The van der Waals surface area contributed by atoms with Crippen molar-refractivity contribution < 1.29 is 17.9 Å². The third-order valence-corrected chi connectivity index (χ3v) is 6.70. The van der Waals surface area contributed by atoms with Crippen LogP contribution in [0.2, 0.25) is 0 Å². The summed E-state index contributed by atoms with van der Waals surface area (Å²) < 4.78 is 31.3. The van der Waals surface area contributed by atoms with Crippen LogP contribution in [-0.2, 0) is 10.0 Å². The van der Waals surface area contributed by atoms with Gasteiger partial charge >= 0.3 is 0 Å². The molecule has 2 aromatic rings. The van der Waals surface area contributed by atoms with Crippen LogP contribution in [0.4, 0.5) is 0 Å². The maximum absolute atomic E-state index is 12.7. The minimum atomic E-state index is -3.20. The molecule has 3 heterocycles. The van der Waals surface area contributed by atoms with Gasteiger partial charge in [-0.3, -0.25) is 4.79 Å². The van der Waals surface area contributed by atoms with Gasteiger partial charge in [0.25, 0.3) is 5.91 Å². The lowest BCUT2D eigenvalue weighted by molar-refractivity contribution is 0.0909. The molecule has 2 aliphatic rings. The fourth-order valence-electron chi connectivity index (χ4n) is 4.29. The maximum atomic E-state index is 12.7. The molecule has 0 spiro atoms. The molecule has 0 aliphatic carbocycles. The lowest BCUT2D eigenvalue weighted by atomic mass is 9.99. The molecule has 1 aromatic heterocycles. The normalized spacial score (nSPS) is 24.7. The number of sulfonamides is 1. The van der Waals surface area contributed by atoms with Crippen LogP contribution >= 0.6 is 0 Å². The summed E-state index contributed by atoms with van der Waals surface area (Å²) in [5.41, 5.74) is 0.506. The molecule has 0 saturated carbocycles. The van der Waals surface area contributed by atoms with Gasteiger partial charge < -0.3 is 10.1 Å². The maximum Gasteiger partial charge on any atom is 0.251 e. The molecule has 8 heteroatoms. The molecule has 1 aromatic carbocycles. The SMILES string of the molecule is CS(=O)(=O)N1C2CCC1CC(NC(=O)c1cccc(Oc3ccccn3)c1)C2. The van der Waals surface area contributed by atoms with Crippen molar-refractivity contribution in [3.63, 3.8) is 0 Å². The van der Waals surface area contributed by atoms with Crippen molar-refractivity contribution in [3.8, 4) is 11.6 Å². The zero-order valence-electron chi connectivity index (χ0n) is 15.6. The minimum absolute atomic E-state index is 0.0159. The van der Waals surface area contributed by atoms with Gasteiger partial charge in [0.05, 0.1) is 6.26 Å². The Morgan fingerprint density at radius 2 is 1.89 bits per heavy atom. The Hall–Kier alpha value is -2.45. The highest BCUT2D eigenvalue weighted by molar-refractivity contribution is 7.88. The number of benzene rings is 1. The Labute approximate surface area is 164 Å². The van der Waals surface area contributed by atoms with E-state index >= 15 is 0 Å². The molecule has 2 aliphatic heterocycles. The third-order valence-electron chi connectivity index (χ3n) is 5.34. The second-order valence-corrected chi connectivity index (χ2v) is 9.31. The quantitative estimate of drug-likeness (QED) is 0.832. The van der Waals surface area contributed by atoms with Crippen molar-refractivity contribution in [2.45, 2.75) is 43.8 Å². The number of aromatic nitrogens is 1. The number of carbonyl (C=O) groups is 1. The van der Waals surface area contributed by atoms with Crippen LogP contribution < -0.4 is 10.1 Å². The Bertz CT molecular complexity index is 950. The molecule has 2 fully saturated rings. The van der Waals surface area contributed by atoms with Crippen LogP contribution in [0.1, 0.15) is 36.0 Å². The smallest absolute Gasteiger partial charge is 0.251 e. The molecule has 2 bridgehead atoms. The van der Waals surface area contributed by atoms with E-state index in [0.29, 0.717) is 30.0 Å². The summed E-state index contributed by atoms with van der Waals surface area (Å²) in [5, 5.41) is 3.07. The van der Waals surface area contributed by atoms with E-state index in [1.807, 2.05) is 6.07 Å². The number of hydrogen-bond donors (Lipinski definition) is 1. The highest BCUT2D eigenvalue weighted by Crippen LogP contribution is 2.37. The van der Waals surface area contributed by atoms with E-state index in [1.165, 1.54) is 6.26 Å². The van der Waals surface area contributed by atoms with Gasteiger partial charge in [-0.25, -0.2) is 13.4 Å². The van der Waals surface area contributed by atoms with E-state index in [1.54, 1.807) is 46.9 Å². The Balaban J connectivity index is 1.42. The zero-order chi connectivity index (χ0) is 19.7. The molecule has 28 heavy (non-hydrogen) atoms. The number of carbonyl (C=O) groups excluding carboxylic acids is 1. The van der Waals surface area contributed by atoms with Crippen molar-refractivity contribution >= 4 is 15.9 Å². The van der Waals surface area contributed by atoms with Gasteiger partial charge in [-0.05, 0) is 49.9 Å². The van der Waals surface area contributed by atoms with Crippen LogP contribution in [0.3, 0.4) is 0 Å². The van der Waals surface area contributed by atoms with Crippen LogP contribution in [0.25, 0.3) is 0 Å². The van der Waals surface area contributed by atoms with Gasteiger partial charge in [-0.15, -0.1) is 0 Å². The standard InChI is InChI=1S/C20H23N3O4S/c1-28(25,26)23-16-8-9-17(23)13-15(12-16)22-20(24)14-5-4-6-18(11-14)27-19-7-2-3-10-21-19/h2-7,10-11,15-17H,8-9,12-13H2,1H3,(H,22,24). The van der Waals surface area contributed by atoms with Gasteiger partial charge in [0.2, 0.25) is 15.9 Å². The summed E-state index contributed by atoms with van der Waals surface area (Å²) in [4.78, 5) is 16.8. The van der Waals surface area contributed by atoms with Crippen molar-refractivity contribution in [1.29, 1.82) is 0 Å². The lowest BCUT2D eigenvalue weighted by Crippen LogP contribution is -2.52. The Kier molecular flexibility index (Phi) is 5.07. The average molecular weight is 401 g/mol. The predicted octanol–water partition coefficient (Wildman–Crippen LogP) is 2.56. The largest absolute Gasteiger partial charge is 0.439 e. The third kappa shape index (κ3) is 4.02. The molecule has 7 nitrogen and oxygen atoms in total. The fourth-order valence-corrected chi connectivity index (χ4v) is 5.76. The van der Waals surface area contributed by atoms with Gasteiger partial charge in [0.1, 0.15) is 5.75 Å². The minimum Gasteiger partial charge on any atom is -0.439 e. The summed E-state index contributed by atoms with van der Waals surface area (Å²) >= 11 is 0. The summed E-state index contributed by atoms with van der Waals surface area (Å²) in [6.45, 7) is 0. The highest BCUT2D eigenvalue weighted by atomic mass is 32.2. The number of rotatable bonds is 5. The first kappa shape index (κ1) is 18.9. The van der Waals surface area contributed by atoms with E-state index < -0.39 is 10.0 Å². The van der Waals surface area contributed by atoms with E-state index in [-0.39, 0.29) is 24.0 Å². The van der Waals surface area contributed by atoms with Crippen LogP contribution in [-0.4, -0.2) is 48.0 Å². The summed E-state index contributed by atoms with van der Waals surface area (Å²) in [6, 6.07) is 12.3.